The van der Waals surface area contributed by atoms with Crippen LogP contribution >= 0.6 is 23.2 Å². The molecule has 5 nitrogen and oxygen atoms in total. The minimum atomic E-state index is -0.0275. The van der Waals surface area contributed by atoms with Crippen LogP contribution in [0.25, 0.3) is 11.1 Å². The van der Waals surface area contributed by atoms with E-state index >= 15 is 0 Å². The van der Waals surface area contributed by atoms with Gasteiger partial charge in [0.1, 0.15) is 5.52 Å². The van der Waals surface area contributed by atoms with Crippen molar-refractivity contribution in [2.45, 2.75) is 25.7 Å². The van der Waals surface area contributed by atoms with Crippen molar-refractivity contribution in [3.05, 3.63) is 57.9 Å². The van der Waals surface area contributed by atoms with Gasteiger partial charge in [-0.1, -0.05) is 29.3 Å². The van der Waals surface area contributed by atoms with Crippen LogP contribution in [0, 0.1) is 6.92 Å². The maximum Gasteiger partial charge on any atom is 0.238 e. The number of rotatable bonds is 4. The second-order valence-corrected chi connectivity index (χ2v) is 8.02. The van der Waals surface area contributed by atoms with Gasteiger partial charge < -0.3 is 9.73 Å². The number of halogens is 2. The molecule has 7 heteroatoms. The lowest BCUT2D eigenvalue weighted by Gasteiger charge is -2.30. The molecular weight excluding hydrogens is 397 g/mol. The zero-order valence-corrected chi connectivity index (χ0v) is 17.1. The minimum Gasteiger partial charge on any atom is -0.440 e. The average Bonchev–Trinajstić information content (AvgIpc) is 3.09. The highest BCUT2D eigenvalue weighted by atomic mass is 35.5. The predicted octanol–water partition coefficient (Wildman–Crippen LogP) is 5.26. The lowest BCUT2D eigenvalue weighted by atomic mass is 9.97. The van der Waals surface area contributed by atoms with Crippen molar-refractivity contribution < 1.29 is 9.21 Å². The summed E-state index contributed by atoms with van der Waals surface area (Å²) in [5, 5.41) is 4.26. The number of oxazole rings is 1. The number of hydrogen-bond donors (Lipinski definition) is 1. The second-order valence-electron chi connectivity index (χ2n) is 7.18. The normalized spacial score (nSPS) is 15.8. The maximum atomic E-state index is 12.4. The molecule has 4 rings (SSSR count). The molecule has 2 heterocycles. The molecule has 0 bridgehead atoms. The van der Waals surface area contributed by atoms with Crippen molar-refractivity contribution in [2.24, 2.45) is 0 Å². The summed E-state index contributed by atoms with van der Waals surface area (Å²) in [6.45, 7) is 3.91. The third-order valence-electron chi connectivity index (χ3n) is 5.21. The number of likely N-dealkylation sites (tertiary alicyclic amines) is 1. The number of carbonyl (C=O) groups excluding carboxylic acids is 1. The molecule has 2 aromatic carbocycles. The van der Waals surface area contributed by atoms with Crippen molar-refractivity contribution in [3.63, 3.8) is 0 Å². The van der Waals surface area contributed by atoms with E-state index < -0.39 is 0 Å². The van der Waals surface area contributed by atoms with Gasteiger partial charge in [0.2, 0.25) is 5.91 Å². The predicted molar refractivity (Wildman–Crippen MR) is 112 cm³/mol. The van der Waals surface area contributed by atoms with E-state index in [0.29, 0.717) is 16.6 Å². The third kappa shape index (κ3) is 4.17. The Kier molecular flexibility index (Phi) is 5.58. The van der Waals surface area contributed by atoms with E-state index in [4.69, 9.17) is 27.6 Å². The van der Waals surface area contributed by atoms with Gasteiger partial charge in [-0.25, -0.2) is 4.98 Å². The summed E-state index contributed by atoms with van der Waals surface area (Å²) in [6, 6.07) is 11.0. The maximum absolute atomic E-state index is 12.4. The average molecular weight is 418 g/mol. The quantitative estimate of drug-likeness (QED) is 0.628. The zero-order valence-electron chi connectivity index (χ0n) is 15.5. The number of nitrogens with one attached hydrogen (secondary N) is 1. The topological polar surface area (TPSA) is 58.4 Å². The number of carbonyl (C=O) groups is 1. The van der Waals surface area contributed by atoms with Crippen molar-refractivity contribution in [1.29, 1.82) is 0 Å². The van der Waals surface area contributed by atoms with Crippen LogP contribution in [0.1, 0.15) is 30.2 Å². The molecule has 0 atom stereocenters. The van der Waals surface area contributed by atoms with Crippen LogP contribution in [-0.2, 0) is 4.79 Å². The standard InChI is InChI=1S/C21H21Cl2N3O2/c1-13-16(23)3-2-4-17(13)24-20(27)12-26-9-7-14(8-10-26)21-25-18-11-15(22)5-6-19(18)28-21/h2-6,11,14H,7-10,12H2,1H3,(H,24,27). The number of anilines is 1. The Labute approximate surface area is 173 Å². The number of nitrogens with zero attached hydrogens (tertiary/aromatic N) is 2. The lowest BCUT2D eigenvalue weighted by molar-refractivity contribution is -0.117. The summed E-state index contributed by atoms with van der Waals surface area (Å²) in [7, 11) is 0. The molecule has 3 aromatic rings. The van der Waals surface area contributed by atoms with Crippen LogP contribution in [0.4, 0.5) is 5.69 Å². The van der Waals surface area contributed by atoms with Gasteiger partial charge in [-0.2, -0.15) is 0 Å². The van der Waals surface area contributed by atoms with Gasteiger partial charge in [-0.05, 0) is 68.8 Å². The zero-order chi connectivity index (χ0) is 19.7. The van der Waals surface area contributed by atoms with Crippen molar-refractivity contribution in [2.75, 3.05) is 25.0 Å². The van der Waals surface area contributed by atoms with Crippen LogP contribution in [-0.4, -0.2) is 35.4 Å². The number of amides is 1. The van der Waals surface area contributed by atoms with Gasteiger partial charge in [0.05, 0.1) is 6.54 Å². The SMILES string of the molecule is Cc1c(Cl)cccc1NC(=O)CN1CCC(c2nc3cc(Cl)ccc3o2)CC1. The van der Waals surface area contributed by atoms with E-state index in [0.717, 1.165) is 54.2 Å². The molecule has 0 saturated carbocycles. The summed E-state index contributed by atoms with van der Waals surface area (Å²) in [5.74, 6) is 0.997. The molecule has 1 fully saturated rings. The Hall–Kier alpha value is -2.08. The molecule has 1 aliphatic heterocycles. The monoisotopic (exact) mass is 417 g/mol. The fraction of sp³-hybridized carbons (Fsp3) is 0.333. The van der Waals surface area contributed by atoms with Gasteiger partial charge in [0.15, 0.2) is 11.5 Å². The molecular formula is C21H21Cl2N3O2. The van der Waals surface area contributed by atoms with E-state index in [9.17, 15) is 4.79 Å². The molecule has 0 radical (unpaired) electrons. The Balaban J connectivity index is 1.33. The molecule has 0 spiro atoms. The molecule has 28 heavy (non-hydrogen) atoms. The lowest BCUT2D eigenvalue weighted by Crippen LogP contribution is -2.38. The number of hydrogen-bond acceptors (Lipinski definition) is 4. The van der Waals surface area contributed by atoms with E-state index in [-0.39, 0.29) is 11.8 Å². The number of piperidine rings is 1. The Morgan fingerprint density at radius 2 is 2.04 bits per heavy atom. The van der Waals surface area contributed by atoms with Gasteiger partial charge in [0, 0.05) is 21.7 Å². The first-order valence-electron chi connectivity index (χ1n) is 9.33. The molecule has 1 saturated heterocycles. The highest BCUT2D eigenvalue weighted by Crippen LogP contribution is 2.31. The molecule has 0 unspecified atom stereocenters. The highest BCUT2D eigenvalue weighted by molar-refractivity contribution is 6.32. The fourth-order valence-electron chi connectivity index (χ4n) is 3.57. The minimum absolute atomic E-state index is 0.0275. The summed E-state index contributed by atoms with van der Waals surface area (Å²) in [4.78, 5) is 19.2. The van der Waals surface area contributed by atoms with E-state index in [1.165, 1.54) is 0 Å². The number of aromatic nitrogens is 1. The summed E-state index contributed by atoms with van der Waals surface area (Å²) < 4.78 is 5.90. The molecule has 1 aliphatic rings. The van der Waals surface area contributed by atoms with Crippen molar-refractivity contribution in [3.8, 4) is 0 Å². The molecule has 0 aliphatic carbocycles. The number of benzene rings is 2. The summed E-state index contributed by atoms with van der Waals surface area (Å²) >= 11 is 12.1. The van der Waals surface area contributed by atoms with E-state index in [2.05, 4.69) is 15.2 Å². The van der Waals surface area contributed by atoms with Gasteiger partial charge in [-0.15, -0.1) is 0 Å². The Bertz CT molecular complexity index is 1010. The Morgan fingerprint density at radius 3 is 2.82 bits per heavy atom. The summed E-state index contributed by atoms with van der Waals surface area (Å²) in [5.41, 5.74) is 3.20. The van der Waals surface area contributed by atoms with Crippen LogP contribution < -0.4 is 5.32 Å². The first-order valence-corrected chi connectivity index (χ1v) is 10.1. The summed E-state index contributed by atoms with van der Waals surface area (Å²) in [6.07, 6.45) is 1.81. The first-order chi connectivity index (χ1) is 13.5. The largest absolute Gasteiger partial charge is 0.440 e. The fourth-order valence-corrected chi connectivity index (χ4v) is 3.91. The number of fused-ring (bicyclic) bond motifs is 1. The van der Waals surface area contributed by atoms with Crippen molar-refractivity contribution in [1.82, 2.24) is 9.88 Å². The Morgan fingerprint density at radius 1 is 1.25 bits per heavy atom. The smallest absolute Gasteiger partial charge is 0.238 e. The first kappa shape index (κ1) is 19.2. The third-order valence-corrected chi connectivity index (χ3v) is 5.86. The molecule has 1 N–H and O–H groups in total. The van der Waals surface area contributed by atoms with Crippen molar-refractivity contribution >= 4 is 45.9 Å². The second kappa shape index (κ2) is 8.11. The molecule has 146 valence electrons. The van der Waals surface area contributed by atoms with Crippen LogP contribution in [0.2, 0.25) is 10.0 Å². The molecule has 1 amide bonds. The van der Waals surface area contributed by atoms with Crippen LogP contribution in [0.5, 0.6) is 0 Å². The van der Waals surface area contributed by atoms with Gasteiger partial charge in [0.25, 0.3) is 0 Å². The van der Waals surface area contributed by atoms with E-state index in [1.54, 1.807) is 0 Å². The molecule has 1 aromatic heterocycles. The highest BCUT2D eigenvalue weighted by Gasteiger charge is 2.25. The van der Waals surface area contributed by atoms with Crippen LogP contribution in [0.3, 0.4) is 0 Å². The van der Waals surface area contributed by atoms with Gasteiger partial charge >= 0.3 is 0 Å². The van der Waals surface area contributed by atoms with Gasteiger partial charge in [-0.3, -0.25) is 9.69 Å². The van der Waals surface area contributed by atoms with E-state index in [1.807, 2.05) is 43.3 Å². The van der Waals surface area contributed by atoms with Crippen LogP contribution in [0.15, 0.2) is 40.8 Å².